The third kappa shape index (κ3) is 3.13. The van der Waals surface area contributed by atoms with Crippen molar-refractivity contribution in [1.29, 1.82) is 0 Å². The molecule has 0 aromatic heterocycles. The summed E-state index contributed by atoms with van der Waals surface area (Å²) in [5, 5.41) is 8.48. The minimum atomic E-state index is -0.847. The third-order valence-corrected chi connectivity index (χ3v) is 1.46. The Kier molecular flexibility index (Phi) is 3.28. The van der Waals surface area contributed by atoms with E-state index in [1.807, 2.05) is 0 Å². The van der Waals surface area contributed by atoms with Gasteiger partial charge in [0.1, 0.15) is 0 Å². The molecule has 0 aliphatic heterocycles. The molecule has 1 aromatic carbocycles. The zero-order valence-electron chi connectivity index (χ0n) is 7.19. The molecule has 1 aromatic rings. The first-order valence-corrected chi connectivity index (χ1v) is 3.74. The molecular weight excluding hydrogens is 172 g/mol. The van der Waals surface area contributed by atoms with Crippen LogP contribution in [0.15, 0.2) is 24.3 Å². The number of rotatable bonds is 4. The molecule has 1 N–H and O–H groups in total. The SMILES string of the molecule is COOc1ccc(CC(=O)O)cc1. The summed E-state index contributed by atoms with van der Waals surface area (Å²) < 4.78 is 0. The quantitative estimate of drug-likeness (QED) is 0.562. The molecular formula is C9H10O4. The van der Waals surface area contributed by atoms with E-state index < -0.39 is 5.97 Å². The van der Waals surface area contributed by atoms with Crippen LogP contribution < -0.4 is 4.89 Å². The minimum absolute atomic E-state index is 0.0211. The molecule has 0 spiro atoms. The molecule has 0 atom stereocenters. The summed E-state index contributed by atoms with van der Waals surface area (Å²) >= 11 is 0. The number of carboxylic acid groups (broad SMARTS) is 1. The molecule has 0 amide bonds. The van der Waals surface area contributed by atoms with Gasteiger partial charge in [-0.3, -0.25) is 4.79 Å². The highest BCUT2D eigenvalue weighted by atomic mass is 17.2. The standard InChI is InChI=1S/C9H10O4/c1-12-13-8-4-2-7(3-5-8)6-9(10)11/h2-5H,6H2,1H3,(H,10,11). The summed E-state index contributed by atoms with van der Waals surface area (Å²) in [7, 11) is 1.41. The molecule has 0 saturated carbocycles. The fourth-order valence-electron chi connectivity index (χ4n) is 0.934. The molecule has 1 rings (SSSR count). The van der Waals surface area contributed by atoms with Gasteiger partial charge >= 0.3 is 5.97 Å². The van der Waals surface area contributed by atoms with Crippen molar-refractivity contribution in [3.8, 4) is 5.75 Å². The van der Waals surface area contributed by atoms with Gasteiger partial charge in [0.2, 0.25) is 0 Å². The number of benzene rings is 1. The monoisotopic (exact) mass is 182 g/mol. The molecule has 0 heterocycles. The van der Waals surface area contributed by atoms with Gasteiger partial charge in [0.25, 0.3) is 0 Å². The maximum absolute atomic E-state index is 10.3. The Balaban J connectivity index is 2.64. The normalized spacial score (nSPS) is 9.62. The van der Waals surface area contributed by atoms with E-state index in [0.717, 1.165) is 5.56 Å². The second kappa shape index (κ2) is 4.47. The summed E-state index contributed by atoms with van der Waals surface area (Å²) in [4.78, 5) is 19.5. The highest BCUT2D eigenvalue weighted by Gasteiger charge is 2.00. The number of hydrogen-bond acceptors (Lipinski definition) is 3. The highest BCUT2D eigenvalue weighted by molar-refractivity contribution is 5.70. The molecule has 4 nitrogen and oxygen atoms in total. The van der Waals surface area contributed by atoms with Crippen LogP contribution in [0.3, 0.4) is 0 Å². The number of carboxylic acids is 1. The Bertz CT molecular complexity index is 278. The predicted octanol–water partition coefficient (Wildman–Crippen LogP) is 1.25. The van der Waals surface area contributed by atoms with E-state index in [2.05, 4.69) is 4.89 Å². The summed E-state index contributed by atoms with van der Waals surface area (Å²) in [5.74, 6) is -0.294. The van der Waals surface area contributed by atoms with Crippen LogP contribution in [0, 0.1) is 0 Å². The van der Waals surface area contributed by atoms with E-state index in [9.17, 15) is 4.79 Å². The van der Waals surface area contributed by atoms with Crippen LogP contribution in [0.1, 0.15) is 5.56 Å². The van der Waals surface area contributed by atoms with E-state index in [-0.39, 0.29) is 6.42 Å². The van der Waals surface area contributed by atoms with Crippen molar-refractivity contribution in [3.63, 3.8) is 0 Å². The maximum Gasteiger partial charge on any atom is 0.307 e. The second-order valence-corrected chi connectivity index (χ2v) is 2.46. The van der Waals surface area contributed by atoms with Gasteiger partial charge in [0.05, 0.1) is 13.5 Å². The molecule has 0 radical (unpaired) electrons. The Labute approximate surface area is 75.6 Å². The van der Waals surface area contributed by atoms with Crippen LogP contribution in [0.25, 0.3) is 0 Å². The zero-order chi connectivity index (χ0) is 9.68. The van der Waals surface area contributed by atoms with Crippen molar-refractivity contribution in [2.45, 2.75) is 6.42 Å². The average molecular weight is 182 g/mol. The van der Waals surface area contributed by atoms with Crippen LogP contribution in [0.5, 0.6) is 5.75 Å². The van der Waals surface area contributed by atoms with Crippen LogP contribution in [0.4, 0.5) is 0 Å². The van der Waals surface area contributed by atoms with Crippen molar-refractivity contribution in [1.82, 2.24) is 0 Å². The summed E-state index contributed by atoms with van der Waals surface area (Å²) in [6.07, 6.45) is 0.0211. The topological polar surface area (TPSA) is 55.8 Å². The Morgan fingerprint density at radius 2 is 2.00 bits per heavy atom. The Hall–Kier alpha value is -1.55. The fourth-order valence-corrected chi connectivity index (χ4v) is 0.934. The highest BCUT2D eigenvalue weighted by Crippen LogP contribution is 2.12. The Morgan fingerprint density at radius 1 is 1.38 bits per heavy atom. The number of hydrogen-bond donors (Lipinski definition) is 1. The van der Waals surface area contributed by atoms with E-state index >= 15 is 0 Å². The maximum atomic E-state index is 10.3. The van der Waals surface area contributed by atoms with Gasteiger partial charge < -0.3 is 9.99 Å². The fraction of sp³-hybridized carbons (Fsp3) is 0.222. The zero-order valence-corrected chi connectivity index (χ0v) is 7.19. The van der Waals surface area contributed by atoms with Gasteiger partial charge in [0.15, 0.2) is 5.75 Å². The molecule has 0 fully saturated rings. The van der Waals surface area contributed by atoms with Gasteiger partial charge in [0, 0.05) is 0 Å². The molecule has 0 unspecified atom stereocenters. The van der Waals surface area contributed by atoms with Crippen LogP contribution in [-0.2, 0) is 16.1 Å². The molecule has 0 bridgehead atoms. The van der Waals surface area contributed by atoms with E-state index in [4.69, 9.17) is 9.99 Å². The Morgan fingerprint density at radius 3 is 2.46 bits per heavy atom. The smallest absolute Gasteiger partial charge is 0.307 e. The van der Waals surface area contributed by atoms with Crippen molar-refractivity contribution < 1.29 is 19.7 Å². The lowest BCUT2D eigenvalue weighted by molar-refractivity contribution is -0.178. The van der Waals surface area contributed by atoms with Gasteiger partial charge in [-0.1, -0.05) is 12.1 Å². The summed E-state index contributed by atoms with van der Waals surface area (Å²) in [6, 6.07) is 6.68. The van der Waals surface area contributed by atoms with Crippen molar-refractivity contribution in [2.24, 2.45) is 0 Å². The van der Waals surface area contributed by atoms with Gasteiger partial charge in [-0.25, -0.2) is 0 Å². The van der Waals surface area contributed by atoms with Crippen molar-refractivity contribution in [3.05, 3.63) is 29.8 Å². The first-order valence-electron chi connectivity index (χ1n) is 3.74. The van der Waals surface area contributed by atoms with Gasteiger partial charge in [-0.2, -0.15) is 4.89 Å². The van der Waals surface area contributed by atoms with Crippen LogP contribution >= 0.6 is 0 Å². The molecule has 70 valence electrons. The summed E-state index contributed by atoms with van der Waals surface area (Å²) in [5.41, 5.74) is 0.732. The lowest BCUT2D eigenvalue weighted by Gasteiger charge is -2.01. The number of carbonyl (C=O) groups is 1. The van der Waals surface area contributed by atoms with E-state index in [1.165, 1.54) is 7.11 Å². The van der Waals surface area contributed by atoms with Crippen LogP contribution in [-0.4, -0.2) is 18.2 Å². The first kappa shape index (κ1) is 9.54. The minimum Gasteiger partial charge on any atom is -0.481 e. The first-order chi connectivity index (χ1) is 6.22. The van der Waals surface area contributed by atoms with Crippen molar-refractivity contribution >= 4 is 5.97 Å². The summed E-state index contributed by atoms with van der Waals surface area (Å²) in [6.45, 7) is 0. The lowest BCUT2D eigenvalue weighted by Crippen LogP contribution is -1.99. The van der Waals surface area contributed by atoms with Crippen LogP contribution in [0.2, 0.25) is 0 Å². The molecule has 4 heteroatoms. The van der Waals surface area contributed by atoms with Crippen molar-refractivity contribution in [2.75, 3.05) is 7.11 Å². The molecule has 13 heavy (non-hydrogen) atoms. The molecule has 0 aliphatic carbocycles. The van der Waals surface area contributed by atoms with Gasteiger partial charge in [-0.15, -0.1) is 0 Å². The van der Waals surface area contributed by atoms with Gasteiger partial charge in [-0.05, 0) is 17.7 Å². The lowest BCUT2D eigenvalue weighted by atomic mass is 10.1. The van der Waals surface area contributed by atoms with E-state index in [0.29, 0.717) is 5.75 Å². The molecule has 0 aliphatic rings. The van der Waals surface area contributed by atoms with E-state index in [1.54, 1.807) is 24.3 Å². The average Bonchev–Trinajstić information content (AvgIpc) is 2.08. The molecule has 0 saturated heterocycles. The number of aliphatic carboxylic acids is 1. The predicted molar refractivity (Wildman–Crippen MR) is 45.4 cm³/mol. The third-order valence-electron chi connectivity index (χ3n) is 1.46. The second-order valence-electron chi connectivity index (χ2n) is 2.46. The largest absolute Gasteiger partial charge is 0.481 e.